The van der Waals surface area contributed by atoms with Crippen molar-refractivity contribution in [2.24, 2.45) is 5.41 Å². The summed E-state index contributed by atoms with van der Waals surface area (Å²) in [5.74, 6) is 0.0960. The zero-order valence-corrected chi connectivity index (χ0v) is 11.5. The number of hydrogen-bond acceptors (Lipinski definition) is 2. The van der Waals surface area contributed by atoms with E-state index in [1.165, 1.54) is 0 Å². The monoisotopic (exact) mass is 287 g/mol. The Kier molecular flexibility index (Phi) is 4.53. The molecule has 1 aromatic heterocycles. The second kappa shape index (κ2) is 5.48. The Bertz CT molecular complexity index is 354. The number of nitrogens with zero attached hydrogens (tertiary/aromatic N) is 2. The number of rotatable bonds is 4. The average Bonchev–Trinajstić information content (AvgIpc) is 2.48. The van der Waals surface area contributed by atoms with Gasteiger partial charge in [-0.05, 0) is 21.3 Å². The first-order chi connectivity index (χ1) is 7.37. The van der Waals surface area contributed by atoms with E-state index in [2.05, 4.69) is 47.1 Å². The minimum atomic E-state index is 0.0405. The fourth-order valence-corrected chi connectivity index (χ4v) is 1.64. The van der Waals surface area contributed by atoms with Crippen LogP contribution in [0.15, 0.2) is 16.9 Å². The summed E-state index contributed by atoms with van der Waals surface area (Å²) < 4.78 is 2.75. The van der Waals surface area contributed by atoms with Gasteiger partial charge in [-0.25, -0.2) is 0 Å². The smallest absolute Gasteiger partial charge is 0.220 e. The number of carbonyl (C=O) groups excluding carboxylic acids is 1. The Morgan fingerprint density at radius 1 is 1.56 bits per heavy atom. The molecule has 1 heterocycles. The molecule has 0 aromatic carbocycles. The highest BCUT2D eigenvalue weighted by Crippen LogP contribution is 2.17. The lowest BCUT2D eigenvalue weighted by atomic mass is 9.92. The first-order valence-electron chi connectivity index (χ1n) is 5.31. The van der Waals surface area contributed by atoms with Crippen molar-refractivity contribution in [3.05, 3.63) is 16.9 Å². The van der Waals surface area contributed by atoms with Crippen LogP contribution in [0.5, 0.6) is 0 Å². The standard InChI is InChI=1S/C11H18BrN3O/c1-11(2,3)6-10(16)13-4-5-15-8-9(12)7-14-15/h7-8H,4-6H2,1-3H3,(H,13,16). The van der Waals surface area contributed by atoms with Crippen LogP contribution in [0.2, 0.25) is 0 Å². The molecule has 0 atom stereocenters. The summed E-state index contributed by atoms with van der Waals surface area (Å²) in [7, 11) is 0. The summed E-state index contributed by atoms with van der Waals surface area (Å²) in [6.45, 7) is 7.47. The lowest BCUT2D eigenvalue weighted by Gasteiger charge is -2.17. The topological polar surface area (TPSA) is 46.9 Å². The fourth-order valence-electron chi connectivity index (χ4n) is 1.31. The minimum absolute atomic E-state index is 0.0405. The van der Waals surface area contributed by atoms with Gasteiger partial charge in [0.25, 0.3) is 0 Å². The normalized spacial score (nSPS) is 11.5. The van der Waals surface area contributed by atoms with E-state index < -0.39 is 0 Å². The Morgan fingerprint density at radius 3 is 2.75 bits per heavy atom. The van der Waals surface area contributed by atoms with Gasteiger partial charge in [-0.15, -0.1) is 0 Å². The van der Waals surface area contributed by atoms with E-state index in [-0.39, 0.29) is 11.3 Å². The molecular weight excluding hydrogens is 270 g/mol. The van der Waals surface area contributed by atoms with Gasteiger partial charge in [0, 0.05) is 19.2 Å². The predicted molar refractivity (Wildman–Crippen MR) is 67.0 cm³/mol. The maximum Gasteiger partial charge on any atom is 0.220 e. The third-order valence-electron chi connectivity index (χ3n) is 1.96. The van der Waals surface area contributed by atoms with Crippen LogP contribution in [0.4, 0.5) is 0 Å². The van der Waals surface area contributed by atoms with Crippen LogP contribution in [0.25, 0.3) is 0 Å². The first-order valence-corrected chi connectivity index (χ1v) is 6.11. The van der Waals surface area contributed by atoms with Crippen molar-refractivity contribution >= 4 is 21.8 Å². The van der Waals surface area contributed by atoms with Gasteiger partial charge in [0.05, 0.1) is 17.2 Å². The SMILES string of the molecule is CC(C)(C)CC(=O)NCCn1cc(Br)cn1. The van der Waals surface area contributed by atoms with Crippen molar-refractivity contribution in [1.29, 1.82) is 0 Å². The Morgan fingerprint density at radius 2 is 2.25 bits per heavy atom. The van der Waals surface area contributed by atoms with E-state index in [0.717, 1.165) is 4.47 Å². The lowest BCUT2D eigenvalue weighted by molar-refractivity contribution is -0.122. The molecule has 0 saturated carbocycles. The fraction of sp³-hybridized carbons (Fsp3) is 0.636. The Hall–Kier alpha value is -0.840. The molecule has 0 fully saturated rings. The van der Waals surface area contributed by atoms with Crippen LogP contribution in [0.3, 0.4) is 0 Å². The van der Waals surface area contributed by atoms with Crippen LogP contribution in [-0.4, -0.2) is 22.2 Å². The molecule has 1 N–H and O–H groups in total. The van der Waals surface area contributed by atoms with E-state index in [9.17, 15) is 4.79 Å². The minimum Gasteiger partial charge on any atom is -0.354 e. The largest absolute Gasteiger partial charge is 0.354 e. The molecule has 0 aliphatic heterocycles. The molecule has 5 heteroatoms. The van der Waals surface area contributed by atoms with Gasteiger partial charge in [-0.3, -0.25) is 9.48 Å². The summed E-state index contributed by atoms with van der Waals surface area (Å²) in [4.78, 5) is 11.5. The third kappa shape index (κ3) is 5.30. The number of hydrogen-bond donors (Lipinski definition) is 1. The molecule has 0 aliphatic rings. The van der Waals surface area contributed by atoms with Crippen molar-refractivity contribution in [3.8, 4) is 0 Å². The van der Waals surface area contributed by atoms with Crippen LogP contribution in [-0.2, 0) is 11.3 Å². The average molecular weight is 288 g/mol. The Balaban J connectivity index is 2.23. The third-order valence-corrected chi connectivity index (χ3v) is 2.37. The van der Waals surface area contributed by atoms with Crippen molar-refractivity contribution in [2.45, 2.75) is 33.7 Å². The number of carbonyl (C=O) groups is 1. The van der Waals surface area contributed by atoms with E-state index in [1.807, 2.05) is 6.20 Å². The van der Waals surface area contributed by atoms with Crippen molar-refractivity contribution in [3.63, 3.8) is 0 Å². The van der Waals surface area contributed by atoms with Gasteiger partial charge in [0.2, 0.25) is 5.91 Å². The van der Waals surface area contributed by atoms with Crippen molar-refractivity contribution < 1.29 is 4.79 Å². The van der Waals surface area contributed by atoms with Gasteiger partial charge in [-0.2, -0.15) is 5.10 Å². The summed E-state index contributed by atoms with van der Waals surface area (Å²) in [6.07, 6.45) is 4.17. The molecule has 0 spiro atoms. The summed E-state index contributed by atoms with van der Waals surface area (Å²) in [5, 5.41) is 6.99. The van der Waals surface area contributed by atoms with Crippen LogP contribution >= 0.6 is 15.9 Å². The molecule has 0 bridgehead atoms. The maximum absolute atomic E-state index is 11.5. The maximum atomic E-state index is 11.5. The number of amides is 1. The zero-order chi connectivity index (χ0) is 12.2. The van der Waals surface area contributed by atoms with Gasteiger partial charge >= 0.3 is 0 Å². The Labute approximate surface area is 105 Å². The van der Waals surface area contributed by atoms with Crippen LogP contribution in [0.1, 0.15) is 27.2 Å². The van der Waals surface area contributed by atoms with Gasteiger partial charge < -0.3 is 5.32 Å². The molecule has 0 radical (unpaired) electrons. The van der Waals surface area contributed by atoms with E-state index in [4.69, 9.17) is 0 Å². The molecule has 0 aliphatic carbocycles. The molecule has 0 saturated heterocycles. The van der Waals surface area contributed by atoms with Crippen LogP contribution in [0, 0.1) is 5.41 Å². The van der Waals surface area contributed by atoms with Crippen molar-refractivity contribution in [2.75, 3.05) is 6.54 Å². The van der Waals surface area contributed by atoms with Crippen molar-refractivity contribution in [1.82, 2.24) is 15.1 Å². The second-order valence-electron chi connectivity index (χ2n) is 5.01. The summed E-state index contributed by atoms with van der Waals surface area (Å²) >= 11 is 3.32. The van der Waals surface area contributed by atoms with Crippen LogP contribution < -0.4 is 5.32 Å². The zero-order valence-electron chi connectivity index (χ0n) is 9.96. The second-order valence-corrected chi connectivity index (χ2v) is 5.92. The molecule has 1 amide bonds. The quantitative estimate of drug-likeness (QED) is 0.923. The molecule has 90 valence electrons. The number of nitrogens with one attached hydrogen (secondary N) is 1. The molecular formula is C11H18BrN3O. The van der Waals surface area contributed by atoms with Gasteiger partial charge in [0.1, 0.15) is 0 Å². The molecule has 1 aromatic rings. The predicted octanol–water partition coefficient (Wildman–Crippen LogP) is 2.20. The van der Waals surface area contributed by atoms with E-state index in [1.54, 1.807) is 10.9 Å². The van der Waals surface area contributed by atoms with Gasteiger partial charge in [0.15, 0.2) is 0 Å². The number of halogens is 1. The molecule has 4 nitrogen and oxygen atoms in total. The lowest BCUT2D eigenvalue weighted by Crippen LogP contribution is -2.30. The van der Waals surface area contributed by atoms with Gasteiger partial charge in [-0.1, -0.05) is 20.8 Å². The highest BCUT2D eigenvalue weighted by Gasteiger charge is 2.15. The molecule has 1 rings (SSSR count). The van der Waals surface area contributed by atoms with E-state index in [0.29, 0.717) is 19.5 Å². The highest BCUT2D eigenvalue weighted by molar-refractivity contribution is 9.10. The van der Waals surface area contributed by atoms with E-state index >= 15 is 0 Å². The molecule has 16 heavy (non-hydrogen) atoms. The summed E-state index contributed by atoms with van der Waals surface area (Å²) in [6, 6.07) is 0. The highest BCUT2D eigenvalue weighted by atomic mass is 79.9. The molecule has 0 unspecified atom stereocenters. The summed E-state index contributed by atoms with van der Waals surface area (Å²) in [5.41, 5.74) is 0.0405. The number of aromatic nitrogens is 2. The first kappa shape index (κ1) is 13.2.